The second-order valence-electron chi connectivity index (χ2n) is 5.13. The fourth-order valence-corrected chi connectivity index (χ4v) is 2.57. The van der Waals surface area contributed by atoms with Crippen molar-refractivity contribution in [2.24, 2.45) is 0 Å². The minimum Gasteiger partial charge on any atom is -0.361 e. The zero-order valence-electron chi connectivity index (χ0n) is 11.4. The molecule has 3 heterocycles. The molecule has 0 aromatic carbocycles. The lowest BCUT2D eigenvalue weighted by Crippen LogP contribution is -2.39. The van der Waals surface area contributed by atoms with E-state index in [1.165, 1.54) is 0 Å². The van der Waals surface area contributed by atoms with E-state index in [1.54, 1.807) is 12.7 Å². The summed E-state index contributed by atoms with van der Waals surface area (Å²) in [5.74, 6) is 0.733. The first kappa shape index (κ1) is 12.8. The molecule has 0 N–H and O–H groups in total. The van der Waals surface area contributed by atoms with Crippen molar-refractivity contribution in [1.29, 1.82) is 0 Å². The van der Waals surface area contributed by atoms with Gasteiger partial charge in [-0.05, 0) is 19.8 Å². The van der Waals surface area contributed by atoms with E-state index in [0.29, 0.717) is 11.8 Å². The monoisotopic (exact) mass is 275 g/mol. The molecular weight excluding hydrogens is 258 g/mol. The van der Waals surface area contributed by atoms with Crippen molar-refractivity contribution < 1.29 is 9.32 Å². The van der Waals surface area contributed by atoms with E-state index in [0.717, 1.165) is 31.6 Å². The average molecular weight is 275 g/mol. The summed E-state index contributed by atoms with van der Waals surface area (Å²) >= 11 is 0. The van der Waals surface area contributed by atoms with E-state index in [9.17, 15) is 4.79 Å². The van der Waals surface area contributed by atoms with Crippen LogP contribution < -0.4 is 0 Å². The lowest BCUT2D eigenvalue weighted by Gasteiger charge is -2.32. The highest BCUT2D eigenvalue weighted by Crippen LogP contribution is 2.22. The minimum absolute atomic E-state index is 0.100. The number of hydrogen-bond acceptors (Lipinski definition) is 5. The molecule has 3 rings (SSSR count). The molecule has 1 fully saturated rings. The number of carbonyl (C=O) groups excluding carboxylic acids is 1. The quantitative estimate of drug-likeness (QED) is 0.834. The molecule has 0 spiro atoms. The van der Waals surface area contributed by atoms with Crippen molar-refractivity contribution in [3.8, 4) is 0 Å². The third kappa shape index (κ3) is 2.71. The molecule has 0 saturated carbocycles. The highest BCUT2D eigenvalue weighted by molar-refractivity contribution is 5.78. The van der Waals surface area contributed by atoms with Crippen molar-refractivity contribution in [3.05, 3.63) is 30.2 Å². The SMILES string of the molecule is Cc1cc(CC(=O)N2CCC(n3cnnc3)CC2)on1. The van der Waals surface area contributed by atoms with Crippen LogP contribution in [0.15, 0.2) is 23.2 Å². The highest BCUT2D eigenvalue weighted by atomic mass is 16.5. The summed E-state index contributed by atoms with van der Waals surface area (Å²) in [6.45, 7) is 3.37. The molecule has 1 aliphatic heterocycles. The molecule has 2 aromatic rings. The number of hydrogen-bond donors (Lipinski definition) is 0. The zero-order valence-corrected chi connectivity index (χ0v) is 11.4. The van der Waals surface area contributed by atoms with Gasteiger partial charge >= 0.3 is 0 Å². The van der Waals surface area contributed by atoms with Gasteiger partial charge in [-0.15, -0.1) is 10.2 Å². The van der Waals surface area contributed by atoms with E-state index in [2.05, 4.69) is 15.4 Å². The number of carbonyl (C=O) groups is 1. The molecule has 2 aromatic heterocycles. The van der Waals surface area contributed by atoms with Crippen LogP contribution >= 0.6 is 0 Å². The maximum Gasteiger partial charge on any atom is 0.230 e. The van der Waals surface area contributed by atoms with Crippen LogP contribution in [0.2, 0.25) is 0 Å². The largest absolute Gasteiger partial charge is 0.361 e. The second kappa shape index (κ2) is 5.44. The van der Waals surface area contributed by atoms with E-state index < -0.39 is 0 Å². The van der Waals surface area contributed by atoms with Crippen LogP contribution in [0.4, 0.5) is 0 Å². The lowest BCUT2D eigenvalue weighted by atomic mass is 10.0. The summed E-state index contributed by atoms with van der Waals surface area (Å²) in [7, 11) is 0. The maximum atomic E-state index is 12.2. The topological polar surface area (TPSA) is 77.0 Å². The summed E-state index contributed by atoms with van der Waals surface area (Å²) < 4.78 is 7.10. The van der Waals surface area contributed by atoms with Crippen molar-refractivity contribution in [2.75, 3.05) is 13.1 Å². The average Bonchev–Trinajstić information content (AvgIpc) is 3.11. The van der Waals surface area contributed by atoms with Crippen LogP contribution in [-0.2, 0) is 11.2 Å². The summed E-state index contributed by atoms with van der Waals surface area (Å²) in [5, 5.41) is 11.4. The lowest BCUT2D eigenvalue weighted by molar-refractivity contribution is -0.132. The number of aromatic nitrogens is 4. The van der Waals surface area contributed by atoms with Gasteiger partial charge in [0.1, 0.15) is 18.4 Å². The van der Waals surface area contributed by atoms with Crippen LogP contribution in [0.25, 0.3) is 0 Å². The maximum absolute atomic E-state index is 12.2. The molecule has 106 valence electrons. The van der Waals surface area contributed by atoms with Gasteiger partial charge in [0.25, 0.3) is 0 Å². The summed E-state index contributed by atoms with van der Waals surface area (Å²) in [5.41, 5.74) is 0.805. The van der Waals surface area contributed by atoms with E-state index in [1.807, 2.05) is 22.5 Å². The number of nitrogens with zero attached hydrogens (tertiary/aromatic N) is 5. The Morgan fingerprint density at radius 1 is 1.35 bits per heavy atom. The van der Waals surface area contributed by atoms with Crippen LogP contribution in [0.1, 0.15) is 30.3 Å². The number of aryl methyl sites for hydroxylation is 1. The fraction of sp³-hybridized carbons (Fsp3) is 0.538. The molecule has 1 amide bonds. The van der Waals surface area contributed by atoms with Gasteiger partial charge in [-0.3, -0.25) is 4.79 Å². The Balaban J connectivity index is 1.54. The van der Waals surface area contributed by atoms with Gasteiger partial charge in [0.2, 0.25) is 5.91 Å². The van der Waals surface area contributed by atoms with Gasteiger partial charge in [-0.2, -0.15) is 0 Å². The van der Waals surface area contributed by atoms with Crippen LogP contribution in [0.3, 0.4) is 0 Å². The van der Waals surface area contributed by atoms with Gasteiger partial charge in [-0.25, -0.2) is 0 Å². The Morgan fingerprint density at radius 2 is 2.05 bits per heavy atom. The Labute approximate surface area is 116 Å². The first-order valence-corrected chi connectivity index (χ1v) is 6.76. The van der Waals surface area contributed by atoms with Crippen molar-refractivity contribution in [3.63, 3.8) is 0 Å². The molecular formula is C13H17N5O2. The molecule has 1 aliphatic rings. The second-order valence-corrected chi connectivity index (χ2v) is 5.13. The highest BCUT2D eigenvalue weighted by Gasteiger charge is 2.24. The van der Waals surface area contributed by atoms with Crippen LogP contribution in [0.5, 0.6) is 0 Å². The van der Waals surface area contributed by atoms with Crippen molar-refractivity contribution in [1.82, 2.24) is 24.8 Å². The summed E-state index contributed by atoms with van der Waals surface area (Å²) in [4.78, 5) is 14.1. The van der Waals surface area contributed by atoms with E-state index in [4.69, 9.17) is 4.52 Å². The number of amides is 1. The van der Waals surface area contributed by atoms with E-state index in [-0.39, 0.29) is 12.3 Å². The smallest absolute Gasteiger partial charge is 0.230 e. The number of piperidine rings is 1. The fourth-order valence-electron chi connectivity index (χ4n) is 2.57. The minimum atomic E-state index is 0.100. The van der Waals surface area contributed by atoms with Crippen LogP contribution in [0, 0.1) is 6.92 Å². The first-order chi connectivity index (χ1) is 9.72. The van der Waals surface area contributed by atoms with Gasteiger partial charge in [0.05, 0.1) is 12.1 Å². The third-order valence-corrected chi connectivity index (χ3v) is 3.68. The zero-order chi connectivity index (χ0) is 13.9. The molecule has 20 heavy (non-hydrogen) atoms. The normalized spacial score (nSPS) is 16.6. The predicted molar refractivity (Wildman–Crippen MR) is 69.8 cm³/mol. The molecule has 0 atom stereocenters. The van der Waals surface area contributed by atoms with Gasteiger partial charge in [0, 0.05) is 25.2 Å². The Morgan fingerprint density at radius 3 is 2.65 bits per heavy atom. The summed E-state index contributed by atoms with van der Waals surface area (Å²) in [6.07, 6.45) is 5.62. The van der Waals surface area contributed by atoms with E-state index >= 15 is 0 Å². The van der Waals surface area contributed by atoms with Gasteiger partial charge < -0.3 is 14.0 Å². The standard InChI is InChI=1S/C13H17N5O2/c1-10-6-12(20-16-10)7-13(19)17-4-2-11(3-5-17)18-8-14-15-9-18/h6,8-9,11H,2-5,7H2,1H3. The van der Waals surface area contributed by atoms with Crippen LogP contribution in [-0.4, -0.2) is 43.8 Å². The molecule has 0 radical (unpaired) electrons. The number of likely N-dealkylation sites (tertiary alicyclic amines) is 1. The Hall–Kier alpha value is -2.18. The molecule has 1 saturated heterocycles. The van der Waals surface area contributed by atoms with Crippen molar-refractivity contribution in [2.45, 2.75) is 32.2 Å². The van der Waals surface area contributed by atoms with Crippen molar-refractivity contribution >= 4 is 5.91 Å². The van der Waals surface area contributed by atoms with Gasteiger partial charge in [-0.1, -0.05) is 5.16 Å². The predicted octanol–water partition coefficient (Wildman–Crippen LogP) is 0.981. The Bertz CT molecular complexity index is 569. The van der Waals surface area contributed by atoms with Gasteiger partial charge in [0.15, 0.2) is 0 Å². The first-order valence-electron chi connectivity index (χ1n) is 6.76. The molecule has 0 bridgehead atoms. The Kier molecular flexibility index (Phi) is 3.49. The molecule has 7 nitrogen and oxygen atoms in total. The molecule has 0 unspecified atom stereocenters. The number of rotatable bonds is 3. The summed E-state index contributed by atoms with van der Waals surface area (Å²) in [6, 6.07) is 2.20. The molecule has 7 heteroatoms. The molecule has 0 aliphatic carbocycles. The third-order valence-electron chi connectivity index (χ3n) is 3.68.